The maximum Gasteiger partial charge on any atom is 0.269 e. The number of carbonyl (C=O) groups is 1. The summed E-state index contributed by atoms with van der Waals surface area (Å²) in [6, 6.07) is 13.4. The Kier molecular flexibility index (Phi) is 6.80. The Bertz CT molecular complexity index is 1200. The Labute approximate surface area is 176 Å². The number of amides is 1. The summed E-state index contributed by atoms with van der Waals surface area (Å²) in [7, 11) is 1.50. The van der Waals surface area contributed by atoms with Gasteiger partial charge in [-0.3, -0.25) is 14.0 Å². The van der Waals surface area contributed by atoms with E-state index in [-0.39, 0.29) is 30.2 Å². The second-order valence-electron chi connectivity index (χ2n) is 6.04. The molecule has 0 saturated heterocycles. The monoisotopic (exact) mass is 424 g/mol. The number of nitrogens with one attached hydrogen (secondary N) is 1. The van der Waals surface area contributed by atoms with Gasteiger partial charge >= 0.3 is 0 Å². The number of pyridine rings is 1. The van der Waals surface area contributed by atoms with Crippen LogP contribution in [0.5, 0.6) is 11.6 Å². The first-order chi connectivity index (χ1) is 14.5. The first-order valence-corrected chi connectivity index (χ1v) is 9.25. The molecule has 8 nitrogen and oxygen atoms in total. The van der Waals surface area contributed by atoms with Crippen molar-refractivity contribution in [2.45, 2.75) is 0 Å². The van der Waals surface area contributed by atoms with Crippen molar-refractivity contribution in [3.63, 3.8) is 0 Å². The van der Waals surface area contributed by atoms with Gasteiger partial charge in [-0.1, -0.05) is 17.7 Å². The Morgan fingerprint density at radius 1 is 1.30 bits per heavy atom. The Morgan fingerprint density at radius 2 is 2.07 bits per heavy atom. The third-order valence-electron chi connectivity index (χ3n) is 4.01. The van der Waals surface area contributed by atoms with Gasteiger partial charge in [-0.05, 0) is 42.5 Å². The van der Waals surface area contributed by atoms with Crippen molar-refractivity contribution in [1.29, 1.82) is 5.26 Å². The highest BCUT2D eigenvalue weighted by Crippen LogP contribution is 2.25. The van der Waals surface area contributed by atoms with Crippen LogP contribution in [0.25, 0.3) is 11.7 Å². The lowest BCUT2D eigenvalue weighted by molar-refractivity contribution is -0.117. The topological polar surface area (TPSA) is 106 Å². The number of benzene rings is 1. The molecule has 2 aromatic heterocycles. The average Bonchev–Trinajstić information content (AvgIpc) is 2.75. The SMILES string of the molecule is COCCNC(=O)/C(C#N)=C/c1c(Oc2ccc(Cl)cc2)nc2ccccn2c1=O. The smallest absolute Gasteiger partial charge is 0.269 e. The predicted octanol–water partition coefficient (Wildman–Crippen LogP) is 2.81. The normalized spacial score (nSPS) is 11.2. The van der Waals surface area contributed by atoms with E-state index in [1.165, 1.54) is 17.6 Å². The molecule has 152 valence electrons. The summed E-state index contributed by atoms with van der Waals surface area (Å²) in [5.74, 6) is -0.278. The molecule has 1 amide bonds. The number of rotatable bonds is 7. The summed E-state index contributed by atoms with van der Waals surface area (Å²) in [5.41, 5.74) is -0.428. The summed E-state index contributed by atoms with van der Waals surface area (Å²) in [6.07, 6.45) is 2.71. The first-order valence-electron chi connectivity index (χ1n) is 8.87. The van der Waals surface area contributed by atoms with Gasteiger partial charge < -0.3 is 14.8 Å². The highest BCUT2D eigenvalue weighted by atomic mass is 35.5. The Morgan fingerprint density at radius 3 is 2.77 bits per heavy atom. The van der Waals surface area contributed by atoms with Crippen molar-refractivity contribution in [2.75, 3.05) is 20.3 Å². The summed E-state index contributed by atoms with van der Waals surface area (Å²) in [6.45, 7) is 0.507. The van der Waals surface area contributed by atoms with Crippen LogP contribution in [0.3, 0.4) is 0 Å². The number of hydrogen-bond donors (Lipinski definition) is 1. The first kappa shape index (κ1) is 21.0. The fourth-order valence-electron chi connectivity index (χ4n) is 2.55. The minimum atomic E-state index is -0.635. The fourth-order valence-corrected chi connectivity index (χ4v) is 2.68. The van der Waals surface area contributed by atoms with Crippen LogP contribution in [0.15, 0.2) is 59.0 Å². The second kappa shape index (κ2) is 9.69. The van der Waals surface area contributed by atoms with E-state index in [9.17, 15) is 14.9 Å². The molecule has 0 bridgehead atoms. The predicted molar refractivity (Wildman–Crippen MR) is 111 cm³/mol. The number of halogens is 1. The third kappa shape index (κ3) is 4.84. The zero-order chi connectivity index (χ0) is 21.5. The molecular formula is C21H17ClN4O4. The van der Waals surface area contributed by atoms with Gasteiger partial charge in [0.05, 0.1) is 6.61 Å². The molecule has 0 aliphatic carbocycles. The molecular weight excluding hydrogens is 408 g/mol. The van der Waals surface area contributed by atoms with Crippen LogP contribution < -0.4 is 15.6 Å². The van der Waals surface area contributed by atoms with E-state index in [2.05, 4.69) is 10.3 Å². The maximum absolute atomic E-state index is 13.0. The van der Waals surface area contributed by atoms with E-state index in [0.29, 0.717) is 16.4 Å². The molecule has 0 radical (unpaired) electrons. The molecule has 9 heteroatoms. The lowest BCUT2D eigenvalue weighted by Gasteiger charge is -2.10. The Balaban J connectivity index is 2.09. The van der Waals surface area contributed by atoms with Gasteiger partial charge in [0.25, 0.3) is 11.5 Å². The van der Waals surface area contributed by atoms with Crippen molar-refractivity contribution in [3.8, 4) is 17.7 Å². The fraction of sp³-hybridized carbons (Fsp3) is 0.143. The van der Waals surface area contributed by atoms with E-state index in [0.717, 1.165) is 0 Å². The molecule has 0 saturated carbocycles. The number of carbonyl (C=O) groups excluding carboxylic acids is 1. The standard InChI is InChI=1S/C21H17ClN4O4/c1-29-11-9-24-19(27)14(13-23)12-17-20(30-16-7-5-15(22)6-8-16)25-18-4-2-3-10-26(18)21(17)28/h2-8,10,12H,9,11H2,1H3,(H,24,27)/b14-12+. The van der Waals surface area contributed by atoms with Crippen LogP contribution >= 0.6 is 11.6 Å². The molecule has 1 N–H and O–H groups in total. The van der Waals surface area contributed by atoms with Crippen LogP contribution in [-0.4, -0.2) is 35.6 Å². The second-order valence-corrected chi connectivity index (χ2v) is 6.48. The number of nitrogens with zero attached hydrogens (tertiary/aromatic N) is 3. The van der Waals surface area contributed by atoms with Gasteiger partial charge in [-0.15, -0.1) is 0 Å². The highest BCUT2D eigenvalue weighted by Gasteiger charge is 2.17. The summed E-state index contributed by atoms with van der Waals surface area (Å²) < 4.78 is 12.0. The van der Waals surface area contributed by atoms with E-state index in [4.69, 9.17) is 21.1 Å². The molecule has 30 heavy (non-hydrogen) atoms. The molecule has 3 rings (SSSR count). The lowest BCUT2D eigenvalue weighted by Crippen LogP contribution is -2.28. The minimum Gasteiger partial charge on any atom is -0.438 e. The molecule has 0 atom stereocenters. The highest BCUT2D eigenvalue weighted by molar-refractivity contribution is 6.30. The van der Waals surface area contributed by atoms with Crippen LogP contribution in [-0.2, 0) is 9.53 Å². The van der Waals surface area contributed by atoms with E-state index in [1.54, 1.807) is 48.7 Å². The zero-order valence-electron chi connectivity index (χ0n) is 16.0. The average molecular weight is 425 g/mol. The van der Waals surface area contributed by atoms with Gasteiger partial charge in [-0.2, -0.15) is 10.2 Å². The number of ether oxygens (including phenoxy) is 2. The van der Waals surface area contributed by atoms with Gasteiger partial charge in [0.1, 0.15) is 28.6 Å². The number of hydrogen-bond acceptors (Lipinski definition) is 6. The third-order valence-corrected chi connectivity index (χ3v) is 4.26. The molecule has 0 fully saturated rings. The maximum atomic E-state index is 13.0. The van der Waals surface area contributed by atoms with Crippen LogP contribution in [0.2, 0.25) is 5.02 Å². The van der Waals surface area contributed by atoms with E-state index < -0.39 is 11.5 Å². The number of methoxy groups -OCH3 is 1. The molecule has 2 heterocycles. The number of fused-ring (bicyclic) bond motifs is 1. The molecule has 0 spiro atoms. The van der Waals surface area contributed by atoms with Crippen molar-refractivity contribution in [2.24, 2.45) is 0 Å². The molecule has 0 aliphatic rings. The molecule has 1 aromatic carbocycles. The van der Waals surface area contributed by atoms with Gasteiger partial charge in [0, 0.05) is 24.9 Å². The Hall–Kier alpha value is -3.67. The van der Waals surface area contributed by atoms with Crippen molar-refractivity contribution < 1.29 is 14.3 Å². The van der Waals surface area contributed by atoms with Crippen LogP contribution in [0.1, 0.15) is 5.56 Å². The van der Waals surface area contributed by atoms with Crippen molar-refractivity contribution in [3.05, 3.63) is 75.2 Å². The summed E-state index contributed by atoms with van der Waals surface area (Å²) in [4.78, 5) is 29.7. The zero-order valence-corrected chi connectivity index (χ0v) is 16.7. The number of nitriles is 1. The van der Waals surface area contributed by atoms with Crippen LogP contribution in [0.4, 0.5) is 0 Å². The molecule has 3 aromatic rings. The van der Waals surface area contributed by atoms with E-state index in [1.807, 2.05) is 6.07 Å². The van der Waals surface area contributed by atoms with E-state index >= 15 is 0 Å². The van der Waals surface area contributed by atoms with Gasteiger partial charge in [0.15, 0.2) is 0 Å². The molecule has 0 aliphatic heterocycles. The van der Waals surface area contributed by atoms with Gasteiger partial charge in [0.2, 0.25) is 5.88 Å². The van der Waals surface area contributed by atoms with Gasteiger partial charge in [-0.25, -0.2) is 0 Å². The quantitative estimate of drug-likeness (QED) is 0.355. The summed E-state index contributed by atoms with van der Waals surface area (Å²) in [5, 5.41) is 12.5. The largest absolute Gasteiger partial charge is 0.438 e. The van der Waals surface area contributed by atoms with Crippen molar-refractivity contribution >= 4 is 29.2 Å². The minimum absolute atomic E-state index is 0.0351. The van der Waals surface area contributed by atoms with Crippen molar-refractivity contribution in [1.82, 2.24) is 14.7 Å². The summed E-state index contributed by atoms with van der Waals surface area (Å²) >= 11 is 5.90. The lowest BCUT2D eigenvalue weighted by atomic mass is 10.1. The van der Waals surface area contributed by atoms with Crippen LogP contribution in [0, 0.1) is 11.3 Å². The number of aromatic nitrogens is 2. The molecule has 0 unspecified atom stereocenters.